The molecule has 5 nitrogen and oxygen atoms in total. The summed E-state index contributed by atoms with van der Waals surface area (Å²) in [6.07, 6.45) is 2.45. The average molecular weight is 386 g/mol. The van der Waals surface area contributed by atoms with Crippen molar-refractivity contribution in [1.82, 2.24) is 9.88 Å². The first kappa shape index (κ1) is 19.0. The molecule has 2 aromatic heterocycles. The molecule has 0 aliphatic heterocycles. The molecule has 0 aliphatic carbocycles. The molecule has 0 fully saturated rings. The number of furan rings is 1. The number of hydrogen-bond donors (Lipinski definition) is 1. The number of carbonyl (C=O) groups is 1. The minimum atomic E-state index is -0.284. The third-order valence-electron chi connectivity index (χ3n) is 3.80. The molecule has 1 amide bonds. The molecule has 3 rings (SSSR count). The van der Waals surface area contributed by atoms with Crippen molar-refractivity contribution in [3.63, 3.8) is 0 Å². The molecule has 0 aliphatic rings. The molecule has 1 aromatic carbocycles. The van der Waals surface area contributed by atoms with Gasteiger partial charge in [-0.1, -0.05) is 6.07 Å². The minimum absolute atomic E-state index is 0.126. The maximum Gasteiger partial charge on any atom is 0.286 e. The summed E-state index contributed by atoms with van der Waals surface area (Å²) in [5, 5.41) is 2.81. The number of rotatable bonds is 8. The number of benzene rings is 1. The van der Waals surface area contributed by atoms with Crippen molar-refractivity contribution < 1.29 is 13.6 Å². The molecule has 0 bridgehead atoms. The predicted molar refractivity (Wildman–Crippen MR) is 103 cm³/mol. The van der Waals surface area contributed by atoms with Crippen LogP contribution in [0.15, 0.2) is 74.9 Å². The molecule has 0 unspecified atom stereocenters. The van der Waals surface area contributed by atoms with Gasteiger partial charge in [0, 0.05) is 23.7 Å². The number of hydrogen-bond acceptors (Lipinski definition) is 4. The zero-order valence-corrected chi connectivity index (χ0v) is 15.4. The zero-order valence-electron chi connectivity index (χ0n) is 14.6. The number of pyridine rings is 1. The first-order valence-corrected chi connectivity index (χ1v) is 9.51. The lowest BCUT2D eigenvalue weighted by atomic mass is 10.3. The fourth-order valence-electron chi connectivity index (χ4n) is 2.43. The Kier molecular flexibility index (Phi) is 6.49. The number of nitrogens with one attached hydrogen (secondary N) is 1. The molecule has 0 spiro atoms. The van der Waals surface area contributed by atoms with E-state index in [1.165, 1.54) is 22.8 Å². The van der Waals surface area contributed by atoms with Gasteiger partial charge >= 0.3 is 0 Å². The highest BCUT2D eigenvalue weighted by molar-refractivity contribution is 7.99. The Balaban J connectivity index is 1.42. The molecule has 0 saturated carbocycles. The van der Waals surface area contributed by atoms with Crippen LogP contribution in [-0.4, -0.2) is 22.8 Å². The molecule has 0 saturated heterocycles. The molecule has 2 heterocycles. The van der Waals surface area contributed by atoms with Gasteiger partial charge in [0.1, 0.15) is 11.6 Å². The summed E-state index contributed by atoms with van der Waals surface area (Å²) < 4.78 is 19.9. The maximum absolute atomic E-state index is 12.8. The van der Waals surface area contributed by atoms with Gasteiger partial charge in [-0.25, -0.2) is 4.39 Å². The van der Waals surface area contributed by atoms with Crippen LogP contribution >= 0.6 is 11.8 Å². The highest BCUT2D eigenvalue weighted by Crippen LogP contribution is 2.18. The number of nitrogens with zero attached hydrogens (tertiary/aromatic N) is 1. The van der Waals surface area contributed by atoms with Gasteiger partial charge in [0.25, 0.3) is 11.5 Å². The van der Waals surface area contributed by atoms with Crippen LogP contribution in [0.25, 0.3) is 0 Å². The Labute approximate surface area is 160 Å². The van der Waals surface area contributed by atoms with Gasteiger partial charge in [0.15, 0.2) is 5.76 Å². The summed E-state index contributed by atoms with van der Waals surface area (Å²) in [7, 11) is 0. The predicted octanol–water partition coefficient (Wildman–Crippen LogP) is 3.54. The van der Waals surface area contributed by atoms with E-state index >= 15 is 0 Å². The molecule has 140 valence electrons. The maximum atomic E-state index is 12.8. The molecule has 1 N–H and O–H groups in total. The van der Waals surface area contributed by atoms with E-state index in [-0.39, 0.29) is 29.6 Å². The smallest absolute Gasteiger partial charge is 0.286 e. The third-order valence-corrected chi connectivity index (χ3v) is 4.90. The van der Waals surface area contributed by atoms with E-state index in [1.807, 2.05) is 0 Å². The molecule has 3 aromatic rings. The summed E-state index contributed by atoms with van der Waals surface area (Å²) in [6.45, 7) is 0.794. The lowest BCUT2D eigenvalue weighted by Crippen LogP contribution is -2.24. The van der Waals surface area contributed by atoms with Crippen LogP contribution in [0.4, 0.5) is 4.39 Å². The van der Waals surface area contributed by atoms with Crippen LogP contribution in [0.2, 0.25) is 0 Å². The van der Waals surface area contributed by atoms with Crippen molar-refractivity contribution in [2.45, 2.75) is 17.9 Å². The number of thioether (sulfide) groups is 1. The monoisotopic (exact) mass is 386 g/mol. The van der Waals surface area contributed by atoms with E-state index in [0.29, 0.717) is 12.3 Å². The number of amides is 1. The van der Waals surface area contributed by atoms with Gasteiger partial charge in [-0.15, -0.1) is 11.8 Å². The van der Waals surface area contributed by atoms with E-state index < -0.39 is 0 Å². The van der Waals surface area contributed by atoms with Gasteiger partial charge in [-0.3, -0.25) is 9.59 Å². The van der Waals surface area contributed by atoms with Gasteiger partial charge in [0.05, 0.1) is 6.54 Å². The highest BCUT2D eigenvalue weighted by atomic mass is 32.2. The molecule has 7 heteroatoms. The number of aromatic nitrogens is 1. The topological polar surface area (TPSA) is 64.2 Å². The Morgan fingerprint density at radius 2 is 1.93 bits per heavy atom. The van der Waals surface area contributed by atoms with Crippen LogP contribution in [0.3, 0.4) is 0 Å². The summed E-state index contributed by atoms with van der Waals surface area (Å²) in [5.74, 6) is 1.04. The summed E-state index contributed by atoms with van der Waals surface area (Å²) in [5.41, 5.74) is -0.126. The molecule has 27 heavy (non-hydrogen) atoms. The molecule has 0 radical (unpaired) electrons. The van der Waals surface area contributed by atoms with E-state index in [1.54, 1.807) is 54.4 Å². The molecule has 0 atom stereocenters. The van der Waals surface area contributed by atoms with Crippen LogP contribution in [-0.2, 0) is 6.54 Å². The van der Waals surface area contributed by atoms with Crippen molar-refractivity contribution in [1.29, 1.82) is 0 Å². The normalized spacial score (nSPS) is 10.7. The molecular formula is C20H19FN2O3S. The Bertz CT molecular complexity index is 950. The van der Waals surface area contributed by atoms with Crippen molar-refractivity contribution in [2.24, 2.45) is 0 Å². The first-order valence-electron chi connectivity index (χ1n) is 8.52. The lowest BCUT2D eigenvalue weighted by molar-refractivity contribution is 0.0924. The van der Waals surface area contributed by atoms with E-state index in [0.717, 1.165) is 17.1 Å². The second-order valence-corrected chi connectivity index (χ2v) is 7.01. The van der Waals surface area contributed by atoms with Crippen molar-refractivity contribution in [3.8, 4) is 0 Å². The fraction of sp³-hybridized carbons (Fsp3) is 0.200. The van der Waals surface area contributed by atoms with E-state index in [2.05, 4.69) is 5.32 Å². The average Bonchev–Trinajstić information content (AvgIpc) is 3.13. The fourth-order valence-corrected chi connectivity index (χ4v) is 3.28. The Hall–Kier alpha value is -2.80. The minimum Gasteiger partial charge on any atom is -0.454 e. The highest BCUT2D eigenvalue weighted by Gasteiger charge is 2.11. The third kappa shape index (κ3) is 5.59. The quantitative estimate of drug-likeness (QED) is 0.475. The van der Waals surface area contributed by atoms with Gasteiger partial charge in [0.2, 0.25) is 0 Å². The van der Waals surface area contributed by atoms with Gasteiger partial charge in [-0.2, -0.15) is 0 Å². The van der Waals surface area contributed by atoms with Crippen LogP contribution < -0.4 is 10.9 Å². The Morgan fingerprint density at radius 1 is 1.11 bits per heavy atom. The van der Waals surface area contributed by atoms with Crippen molar-refractivity contribution >= 4 is 17.7 Å². The second-order valence-electron chi connectivity index (χ2n) is 5.84. The van der Waals surface area contributed by atoms with Crippen LogP contribution in [0.1, 0.15) is 22.7 Å². The summed E-state index contributed by atoms with van der Waals surface area (Å²) in [6, 6.07) is 14.5. The SMILES string of the molecule is O=C(NCCCSc1ccc(F)cc1)c1ccc(Cn2ccccc2=O)o1. The van der Waals surface area contributed by atoms with Crippen molar-refractivity contribution in [3.05, 3.63) is 88.5 Å². The largest absolute Gasteiger partial charge is 0.454 e. The number of halogens is 1. The van der Waals surface area contributed by atoms with Crippen LogP contribution in [0.5, 0.6) is 0 Å². The standard InChI is InChI=1S/C20H19FN2O3S/c21-15-5-8-17(9-6-15)27-13-3-11-22-20(25)18-10-7-16(26-18)14-23-12-2-1-4-19(23)24/h1-2,4-10,12H,3,11,13-14H2,(H,22,25). The second kappa shape index (κ2) is 9.23. The van der Waals surface area contributed by atoms with Gasteiger partial charge < -0.3 is 14.3 Å². The number of carbonyl (C=O) groups excluding carboxylic acids is 1. The first-order chi connectivity index (χ1) is 13.1. The molecular weight excluding hydrogens is 367 g/mol. The lowest BCUT2D eigenvalue weighted by Gasteiger charge is -2.04. The van der Waals surface area contributed by atoms with Crippen LogP contribution in [0, 0.1) is 5.82 Å². The van der Waals surface area contributed by atoms with Gasteiger partial charge in [-0.05, 0) is 54.6 Å². The van der Waals surface area contributed by atoms with E-state index in [9.17, 15) is 14.0 Å². The van der Waals surface area contributed by atoms with E-state index in [4.69, 9.17) is 4.42 Å². The summed E-state index contributed by atoms with van der Waals surface area (Å²) in [4.78, 5) is 24.8. The Morgan fingerprint density at radius 3 is 2.70 bits per heavy atom. The van der Waals surface area contributed by atoms with Crippen molar-refractivity contribution in [2.75, 3.05) is 12.3 Å². The summed E-state index contributed by atoms with van der Waals surface area (Å²) >= 11 is 1.61. The zero-order chi connectivity index (χ0) is 19.1.